The van der Waals surface area contributed by atoms with Gasteiger partial charge in [0.2, 0.25) is 11.9 Å². The highest BCUT2D eigenvalue weighted by molar-refractivity contribution is 5.98. The van der Waals surface area contributed by atoms with Gasteiger partial charge in [0, 0.05) is 24.3 Å². The van der Waals surface area contributed by atoms with Gasteiger partial charge >= 0.3 is 0 Å². The summed E-state index contributed by atoms with van der Waals surface area (Å²) in [7, 11) is 0. The van der Waals surface area contributed by atoms with Crippen LogP contribution < -0.4 is 16.0 Å². The van der Waals surface area contributed by atoms with Crippen LogP contribution in [0.4, 0.5) is 11.6 Å². The molecular formula is C20H25N5O2. The van der Waals surface area contributed by atoms with Crippen LogP contribution in [0, 0.1) is 12.8 Å². The highest BCUT2D eigenvalue weighted by atomic mass is 16.2. The van der Waals surface area contributed by atoms with Gasteiger partial charge in [-0.3, -0.25) is 9.59 Å². The highest BCUT2D eigenvalue weighted by Crippen LogP contribution is 2.22. The van der Waals surface area contributed by atoms with Crippen LogP contribution in [0.3, 0.4) is 0 Å². The third-order valence-corrected chi connectivity index (χ3v) is 4.42. The first-order valence-corrected chi connectivity index (χ1v) is 9.13. The van der Waals surface area contributed by atoms with Crippen LogP contribution in [0.5, 0.6) is 0 Å². The summed E-state index contributed by atoms with van der Waals surface area (Å²) in [6, 6.07) is 9.17. The second kappa shape index (κ2) is 7.73. The van der Waals surface area contributed by atoms with Crippen molar-refractivity contribution in [1.82, 2.24) is 15.3 Å². The number of amides is 2. The van der Waals surface area contributed by atoms with Crippen LogP contribution >= 0.6 is 0 Å². The number of hydrogen-bond acceptors (Lipinski definition) is 5. The maximum absolute atomic E-state index is 12.6. The molecular weight excluding hydrogens is 342 g/mol. The van der Waals surface area contributed by atoms with Crippen LogP contribution in [0.15, 0.2) is 30.3 Å². The Kier molecular flexibility index (Phi) is 5.39. The molecule has 1 saturated heterocycles. The van der Waals surface area contributed by atoms with E-state index in [0.717, 1.165) is 23.4 Å². The highest BCUT2D eigenvalue weighted by Gasteiger charge is 2.32. The number of carbonyl (C=O) groups excluding carboxylic acids is 2. The van der Waals surface area contributed by atoms with E-state index in [4.69, 9.17) is 5.73 Å². The zero-order chi connectivity index (χ0) is 19.6. The fourth-order valence-electron chi connectivity index (χ4n) is 3.27. The number of hydrogen-bond donors (Lipinski definition) is 2. The maximum Gasteiger partial charge on any atom is 0.270 e. The molecule has 0 radical (unpaired) electrons. The number of benzene rings is 1. The molecule has 3 N–H and O–H groups in total. The lowest BCUT2D eigenvalue weighted by Gasteiger charge is -2.17. The van der Waals surface area contributed by atoms with E-state index in [0.29, 0.717) is 12.5 Å². The molecule has 7 nitrogen and oxygen atoms in total. The van der Waals surface area contributed by atoms with Crippen LogP contribution in [0.25, 0.3) is 0 Å². The van der Waals surface area contributed by atoms with Crippen molar-refractivity contribution in [1.29, 1.82) is 0 Å². The van der Waals surface area contributed by atoms with Gasteiger partial charge in [0.15, 0.2) is 0 Å². The summed E-state index contributed by atoms with van der Waals surface area (Å²) in [5.41, 5.74) is 8.66. The molecule has 2 amide bonds. The van der Waals surface area contributed by atoms with E-state index in [-0.39, 0.29) is 35.9 Å². The first kappa shape index (κ1) is 18.8. The molecule has 2 aromatic rings. The molecule has 3 rings (SSSR count). The third-order valence-electron chi connectivity index (χ3n) is 4.42. The number of aromatic nitrogens is 2. The Hall–Kier alpha value is -2.96. The summed E-state index contributed by atoms with van der Waals surface area (Å²) < 4.78 is 0. The topological polar surface area (TPSA) is 101 Å². The fourth-order valence-corrected chi connectivity index (χ4v) is 3.27. The van der Waals surface area contributed by atoms with Crippen LogP contribution in [-0.2, 0) is 11.2 Å². The van der Waals surface area contributed by atoms with Crippen LogP contribution in [-0.4, -0.2) is 34.4 Å². The Balaban J connectivity index is 1.70. The van der Waals surface area contributed by atoms with Crippen molar-refractivity contribution in [3.8, 4) is 0 Å². The number of nitrogens with two attached hydrogens (primary N) is 1. The predicted octanol–water partition coefficient (Wildman–Crippen LogP) is 2.10. The van der Waals surface area contributed by atoms with Crippen molar-refractivity contribution in [3.05, 3.63) is 47.3 Å². The first-order valence-electron chi connectivity index (χ1n) is 9.13. The van der Waals surface area contributed by atoms with Crippen molar-refractivity contribution >= 4 is 23.5 Å². The average molecular weight is 367 g/mol. The van der Waals surface area contributed by atoms with Gasteiger partial charge in [-0.2, -0.15) is 0 Å². The largest absolute Gasteiger partial charge is 0.368 e. The van der Waals surface area contributed by atoms with Gasteiger partial charge in [0.05, 0.1) is 6.04 Å². The Morgan fingerprint density at radius 2 is 2.11 bits per heavy atom. The van der Waals surface area contributed by atoms with Crippen LogP contribution in [0.2, 0.25) is 0 Å². The first-order chi connectivity index (χ1) is 12.8. The van der Waals surface area contributed by atoms with E-state index < -0.39 is 0 Å². The van der Waals surface area contributed by atoms with Gasteiger partial charge in [-0.25, -0.2) is 9.97 Å². The molecule has 7 heteroatoms. The summed E-state index contributed by atoms with van der Waals surface area (Å²) >= 11 is 0. The Morgan fingerprint density at radius 1 is 1.33 bits per heavy atom. The normalized spacial score (nSPS) is 16.8. The smallest absolute Gasteiger partial charge is 0.270 e. The van der Waals surface area contributed by atoms with Gasteiger partial charge in [0.1, 0.15) is 5.69 Å². The van der Waals surface area contributed by atoms with Crippen molar-refractivity contribution < 1.29 is 9.59 Å². The number of nitrogens with zero attached hydrogens (tertiary/aromatic N) is 3. The molecule has 142 valence electrons. The minimum Gasteiger partial charge on any atom is -0.368 e. The second-order valence-electron chi connectivity index (χ2n) is 7.42. The molecule has 0 spiro atoms. The third kappa shape index (κ3) is 4.61. The Labute approximate surface area is 159 Å². The number of carbonyl (C=O) groups is 2. The van der Waals surface area contributed by atoms with Crippen molar-refractivity contribution in [2.24, 2.45) is 5.92 Å². The predicted molar refractivity (Wildman–Crippen MR) is 104 cm³/mol. The van der Waals surface area contributed by atoms with Gasteiger partial charge in [-0.15, -0.1) is 0 Å². The SMILES string of the molecule is Cc1cccc(N2CC(NC(=O)c3cc(CC(C)C)nc(N)n3)CC2=O)c1. The Bertz CT molecular complexity index is 865. The Morgan fingerprint density at radius 3 is 2.81 bits per heavy atom. The van der Waals surface area contributed by atoms with E-state index in [2.05, 4.69) is 29.1 Å². The molecule has 1 unspecified atom stereocenters. The standard InChI is InChI=1S/C20H25N5O2/c1-12(2)7-14-9-17(24-20(21)23-14)19(27)22-15-10-18(26)25(11-15)16-6-4-5-13(3)8-16/h4-6,8-9,12,15H,7,10-11H2,1-3H3,(H,22,27)(H2,21,23,24). The summed E-state index contributed by atoms with van der Waals surface area (Å²) in [5, 5.41) is 2.90. The molecule has 1 fully saturated rings. The summed E-state index contributed by atoms with van der Waals surface area (Å²) in [5.74, 6) is 0.138. The number of rotatable bonds is 5. The number of nitrogen functional groups attached to an aromatic ring is 1. The lowest BCUT2D eigenvalue weighted by Crippen LogP contribution is -2.37. The lowest BCUT2D eigenvalue weighted by atomic mass is 10.1. The number of aryl methyl sites for hydroxylation is 1. The molecule has 1 aromatic heterocycles. The minimum absolute atomic E-state index is 0.00593. The maximum atomic E-state index is 12.6. The molecule has 1 aromatic carbocycles. The van der Waals surface area contributed by atoms with Crippen molar-refractivity contribution in [2.75, 3.05) is 17.2 Å². The van der Waals surface area contributed by atoms with E-state index in [1.807, 2.05) is 31.2 Å². The number of anilines is 2. The van der Waals surface area contributed by atoms with Crippen molar-refractivity contribution in [3.63, 3.8) is 0 Å². The molecule has 27 heavy (non-hydrogen) atoms. The quantitative estimate of drug-likeness (QED) is 0.843. The zero-order valence-electron chi connectivity index (χ0n) is 15.9. The fraction of sp³-hybridized carbons (Fsp3) is 0.400. The molecule has 1 aliphatic rings. The van der Waals surface area contributed by atoms with E-state index in [1.165, 1.54) is 0 Å². The average Bonchev–Trinajstić information content (AvgIpc) is 2.94. The van der Waals surface area contributed by atoms with E-state index >= 15 is 0 Å². The molecule has 1 aliphatic heterocycles. The van der Waals surface area contributed by atoms with Gasteiger partial charge < -0.3 is 16.0 Å². The van der Waals surface area contributed by atoms with Gasteiger partial charge in [-0.05, 0) is 43.0 Å². The minimum atomic E-state index is -0.335. The molecule has 2 heterocycles. The monoisotopic (exact) mass is 367 g/mol. The molecule has 1 atom stereocenters. The van der Waals surface area contributed by atoms with Gasteiger partial charge in [0.25, 0.3) is 5.91 Å². The van der Waals surface area contributed by atoms with Crippen LogP contribution in [0.1, 0.15) is 42.0 Å². The lowest BCUT2D eigenvalue weighted by molar-refractivity contribution is -0.117. The second-order valence-corrected chi connectivity index (χ2v) is 7.42. The molecule has 0 saturated carbocycles. The zero-order valence-corrected chi connectivity index (χ0v) is 15.9. The van der Waals surface area contributed by atoms with Crippen molar-refractivity contribution in [2.45, 2.75) is 39.7 Å². The van der Waals surface area contributed by atoms with E-state index in [9.17, 15) is 9.59 Å². The van der Waals surface area contributed by atoms with E-state index in [1.54, 1.807) is 11.0 Å². The van der Waals surface area contributed by atoms with Gasteiger partial charge in [-0.1, -0.05) is 26.0 Å². The summed E-state index contributed by atoms with van der Waals surface area (Å²) in [4.78, 5) is 34.9. The molecule has 0 bridgehead atoms. The summed E-state index contributed by atoms with van der Waals surface area (Å²) in [6.45, 7) is 6.56. The summed E-state index contributed by atoms with van der Waals surface area (Å²) in [6.07, 6.45) is 0.981. The number of nitrogens with one attached hydrogen (secondary N) is 1. The molecule has 0 aliphatic carbocycles.